The molecule has 1 aromatic heterocycles. The Morgan fingerprint density at radius 3 is 2.48 bits per heavy atom. The average molecular weight is 331 g/mol. The zero-order chi connectivity index (χ0) is 13.8. The monoisotopic (exact) mass is 330 g/mol. The van der Waals surface area contributed by atoms with Gasteiger partial charge in [0, 0.05) is 32.8 Å². The number of aromatic nitrogens is 2. The van der Waals surface area contributed by atoms with Crippen LogP contribution in [0.3, 0.4) is 0 Å². The Morgan fingerprint density at radius 1 is 1.33 bits per heavy atom. The van der Waals surface area contributed by atoms with E-state index >= 15 is 0 Å². The van der Waals surface area contributed by atoms with Crippen LogP contribution < -0.4 is 10.6 Å². The normalized spacial score (nSPS) is 11.0. The van der Waals surface area contributed by atoms with Crippen molar-refractivity contribution in [3.05, 3.63) is 48.3 Å². The summed E-state index contributed by atoms with van der Waals surface area (Å²) in [5, 5.41) is 4.05. The number of carbonyl (C=O) groups excluding carboxylic acids is 1. The molecule has 0 fully saturated rings. The first kappa shape index (κ1) is 19.4. The standard InChI is InChI=1S/C14H18N4O.2ClH/c1-17-10-12(9-16-17)18(2)14(19)8-13(15)11-6-4-3-5-7-11;;/h3-7,9-10,13H,8,15H2,1-2H3;2*1H. The van der Waals surface area contributed by atoms with E-state index in [2.05, 4.69) is 5.10 Å². The van der Waals surface area contributed by atoms with Gasteiger partial charge in [0.15, 0.2) is 0 Å². The third kappa shape index (κ3) is 5.04. The lowest BCUT2D eigenvalue weighted by Crippen LogP contribution is -2.29. The van der Waals surface area contributed by atoms with Crippen molar-refractivity contribution in [1.82, 2.24) is 9.78 Å². The summed E-state index contributed by atoms with van der Waals surface area (Å²) in [6.45, 7) is 0. The molecule has 1 atom stereocenters. The van der Waals surface area contributed by atoms with Crippen molar-refractivity contribution in [3.8, 4) is 0 Å². The minimum absolute atomic E-state index is 0. The highest BCUT2D eigenvalue weighted by molar-refractivity contribution is 5.92. The van der Waals surface area contributed by atoms with Crippen molar-refractivity contribution in [2.45, 2.75) is 12.5 Å². The van der Waals surface area contributed by atoms with Gasteiger partial charge < -0.3 is 10.6 Å². The summed E-state index contributed by atoms with van der Waals surface area (Å²) in [5.74, 6) is -0.0237. The number of hydrogen-bond donors (Lipinski definition) is 1. The van der Waals surface area contributed by atoms with Crippen molar-refractivity contribution in [3.63, 3.8) is 0 Å². The lowest BCUT2D eigenvalue weighted by Gasteiger charge is -2.18. The molecule has 1 amide bonds. The van der Waals surface area contributed by atoms with Crippen LogP contribution in [0.25, 0.3) is 0 Å². The Kier molecular flexibility index (Phi) is 8.02. The maximum atomic E-state index is 12.1. The van der Waals surface area contributed by atoms with Crippen molar-refractivity contribution >= 4 is 36.4 Å². The van der Waals surface area contributed by atoms with E-state index < -0.39 is 0 Å². The molecule has 0 aliphatic carbocycles. The van der Waals surface area contributed by atoms with Crippen molar-refractivity contribution in [2.75, 3.05) is 11.9 Å². The second-order valence-electron chi connectivity index (χ2n) is 4.55. The molecule has 0 spiro atoms. The molecule has 7 heteroatoms. The molecule has 1 unspecified atom stereocenters. The molecule has 0 aliphatic heterocycles. The summed E-state index contributed by atoms with van der Waals surface area (Å²) in [5.41, 5.74) is 7.79. The maximum Gasteiger partial charge on any atom is 0.228 e. The van der Waals surface area contributed by atoms with Gasteiger partial charge in [0.25, 0.3) is 0 Å². The third-order valence-electron chi connectivity index (χ3n) is 3.07. The summed E-state index contributed by atoms with van der Waals surface area (Å²) in [6.07, 6.45) is 3.73. The predicted octanol–water partition coefficient (Wildman–Crippen LogP) is 2.32. The molecular formula is C14H20Cl2N4O. The van der Waals surface area contributed by atoms with Crippen LogP contribution in [-0.4, -0.2) is 22.7 Å². The molecule has 0 saturated heterocycles. The number of benzene rings is 1. The van der Waals surface area contributed by atoms with Crippen LogP contribution in [0.15, 0.2) is 42.7 Å². The van der Waals surface area contributed by atoms with Gasteiger partial charge in [0.05, 0.1) is 11.9 Å². The van der Waals surface area contributed by atoms with E-state index in [1.54, 1.807) is 29.0 Å². The fourth-order valence-electron chi connectivity index (χ4n) is 1.87. The van der Waals surface area contributed by atoms with Crippen LogP contribution in [0.5, 0.6) is 0 Å². The van der Waals surface area contributed by atoms with Gasteiger partial charge in [0.2, 0.25) is 5.91 Å². The Bertz CT molecular complexity index is 559. The number of anilines is 1. The van der Waals surface area contributed by atoms with Crippen LogP contribution in [0.1, 0.15) is 18.0 Å². The fraction of sp³-hybridized carbons (Fsp3) is 0.286. The zero-order valence-corrected chi connectivity index (χ0v) is 13.6. The first-order chi connectivity index (χ1) is 9.08. The van der Waals surface area contributed by atoms with Gasteiger partial charge in [-0.2, -0.15) is 5.10 Å². The first-order valence-electron chi connectivity index (χ1n) is 6.13. The summed E-state index contributed by atoms with van der Waals surface area (Å²) < 4.78 is 1.66. The molecule has 0 saturated carbocycles. The Morgan fingerprint density at radius 2 is 1.95 bits per heavy atom. The molecular weight excluding hydrogens is 311 g/mol. The Hall–Kier alpha value is -1.56. The van der Waals surface area contributed by atoms with E-state index in [1.807, 2.05) is 37.4 Å². The number of nitrogens with two attached hydrogens (primary N) is 1. The second kappa shape index (κ2) is 8.67. The van der Waals surface area contributed by atoms with Crippen LogP contribution in [-0.2, 0) is 11.8 Å². The van der Waals surface area contributed by atoms with Crippen LogP contribution in [0.4, 0.5) is 5.69 Å². The van der Waals surface area contributed by atoms with Gasteiger partial charge in [-0.15, -0.1) is 24.8 Å². The number of aryl methyl sites for hydroxylation is 1. The molecule has 0 radical (unpaired) electrons. The van der Waals surface area contributed by atoms with Gasteiger partial charge in [0.1, 0.15) is 0 Å². The van der Waals surface area contributed by atoms with Crippen molar-refractivity contribution in [2.24, 2.45) is 12.8 Å². The van der Waals surface area contributed by atoms with Gasteiger partial charge in [-0.25, -0.2) is 0 Å². The topological polar surface area (TPSA) is 64.2 Å². The lowest BCUT2D eigenvalue weighted by molar-refractivity contribution is -0.118. The number of rotatable bonds is 4. The molecule has 0 aliphatic rings. The molecule has 2 rings (SSSR count). The van der Waals surface area contributed by atoms with E-state index in [4.69, 9.17) is 5.73 Å². The maximum absolute atomic E-state index is 12.1. The summed E-state index contributed by atoms with van der Waals surface area (Å²) in [7, 11) is 3.55. The van der Waals surface area contributed by atoms with Gasteiger partial charge in [-0.05, 0) is 5.56 Å². The summed E-state index contributed by atoms with van der Waals surface area (Å²) in [6, 6.07) is 9.35. The smallest absolute Gasteiger partial charge is 0.228 e. The van der Waals surface area contributed by atoms with Crippen LogP contribution in [0, 0.1) is 0 Å². The molecule has 1 heterocycles. The molecule has 1 aromatic carbocycles. The quantitative estimate of drug-likeness (QED) is 0.935. The zero-order valence-electron chi connectivity index (χ0n) is 12.0. The number of amides is 1. The number of nitrogens with zero attached hydrogens (tertiary/aromatic N) is 3. The van der Waals surface area contributed by atoms with Crippen LogP contribution >= 0.6 is 24.8 Å². The largest absolute Gasteiger partial charge is 0.324 e. The Balaban J connectivity index is 0.00000200. The van der Waals surface area contributed by atoms with E-state index in [1.165, 1.54) is 0 Å². The van der Waals surface area contributed by atoms with E-state index in [0.717, 1.165) is 11.3 Å². The molecule has 2 aromatic rings. The summed E-state index contributed by atoms with van der Waals surface area (Å²) in [4.78, 5) is 13.7. The van der Waals surface area contributed by atoms with E-state index in [9.17, 15) is 4.79 Å². The highest BCUT2D eigenvalue weighted by atomic mass is 35.5. The van der Waals surface area contributed by atoms with Crippen LogP contribution in [0.2, 0.25) is 0 Å². The van der Waals surface area contributed by atoms with E-state index in [0.29, 0.717) is 0 Å². The first-order valence-corrected chi connectivity index (χ1v) is 6.13. The lowest BCUT2D eigenvalue weighted by atomic mass is 10.0. The van der Waals surface area contributed by atoms with Gasteiger partial charge in [-0.1, -0.05) is 30.3 Å². The second-order valence-corrected chi connectivity index (χ2v) is 4.55. The molecule has 116 valence electrons. The fourth-order valence-corrected chi connectivity index (χ4v) is 1.87. The highest BCUT2D eigenvalue weighted by Gasteiger charge is 2.17. The third-order valence-corrected chi connectivity index (χ3v) is 3.07. The molecule has 5 nitrogen and oxygen atoms in total. The predicted molar refractivity (Wildman–Crippen MR) is 89.1 cm³/mol. The minimum Gasteiger partial charge on any atom is -0.324 e. The SMILES string of the molecule is CN(C(=O)CC(N)c1ccccc1)c1cnn(C)c1.Cl.Cl. The minimum atomic E-state index is -0.284. The summed E-state index contributed by atoms with van der Waals surface area (Å²) >= 11 is 0. The molecule has 21 heavy (non-hydrogen) atoms. The van der Waals surface area contributed by atoms with Crippen molar-refractivity contribution in [1.29, 1.82) is 0 Å². The van der Waals surface area contributed by atoms with E-state index in [-0.39, 0.29) is 43.2 Å². The highest BCUT2D eigenvalue weighted by Crippen LogP contribution is 2.17. The average Bonchev–Trinajstić information content (AvgIpc) is 2.85. The number of carbonyl (C=O) groups is 1. The molecule has 0 bridgehead atoms. The van der Waals surface area contributed by atoms with Crippen molar-refractivity contribution < 1.29 is 4.79 Å². The van der Waals surface area contributed by atoms with Gasteiger partial charge >= 0.3 is 0 Å². The number of hydrogen-bond acceptors (Lipinski definition) is 3. The van der Waals surface area contributed by atoms with Gasteiger partial charge in [-0.3, -0.25) is 9.48 Å². The Labute approximate surface area is 136 Å². The number of halogens is 2. The molecule has 2 N–H and O–H groups in total.